The molecule has 1 aliphatic heterocycles. The minimum absolute atomic E-state index is 0. The fraction of sp³-hybridized carbons (Fsp3) is 0.600. The van der Waals surface area contributed by atoms with Crippen LogP contribution in [0.2, 0.25) is 0 Å². The van der Waals surface area contributed by atoms with E-state index in [9.17, 15) is 0 Å². The number of likely N-dealkylation sites (N-methyl/N-ethyl adjacent to an activating group) is 1. The topological polar surface area (TPSA) is 12.5 Å². The molecule has 0 aromatic heterocycles. The highest BCUT2D eigenvalue weighted by Crippen LogP contribution is 1.91. The first-order valence-corrected chi connectivity index (χ1v) is 2.38. The molecule has 0 aromatic rings. The Bertz CT molecular complexity index is 84.5. The van der Waals surface area contributed by atoms with Gasteiger partial charge >= 0.3 is 0 Å². The third-order valence-corrected chi connectivity index (χ3v) is 0.973. The SMILES string of the molecule is CN1C=COCC1.F. The molecule has 0 aromatic carbocycles. The van der Waals surface area contributed by atoms with E-state index in [0.29, 0.717) is 0 Å². The van der Waals surface area contributed by atoms with Gasteiger partial charge in [-0.1, -0.05) is 0 Å². The van der Waals surface area contributed by atoms with E-state index in [1.807, 2.05) is 13.2 Å². The molecule has 2 nitrogen and oxygen atoms in total. The Morgan fingerprint density at radius 3 is 2.62 bits per heavy atom. The van der Waals surface area contributed by atoms with E-state index in [4.69, 9.17) is 4.74 Å². The van der Waals surface area contributed by atoms with Crippen LogP contribution in [0.25, 0.3) is 0 Å². The monoisotopic (exact) mass is 119 g/mol. The lowest BCUT2D eigenvalue weighted by atomic mass is 10.6. The van der Waals surface area contributed by atoms with Gasteiger partial charge in [0.1, 0.15) is 6.61 Å². The summed E-state index contributed by atoms with van der Waals surface area (Å²) in [5, 5.41) is 0. The van der Waals surface area contributed by atoms with Crippen LogP contribution in [0, 0.1) is 0 Å². The number of nitrogens with zero attached hydrogens (tertiary/aromatic N) is 1. The minimum Gasteiger partial charge on any atom is -0.498 e. The van der Waals surface area contributed by atoms with Crippen LogP contribution in [0.3, 0.4) is 0 Å². The molecule has 0 radical (unpaired) electrons. The minimum atomic E-state index is 0. The second kappa shape index (κ2) is 3.29. The second-order valence-electron chi connectivity index (χ2n) is 1.64. The summed E-state index contributed by atoms with van der Waals surface area (Å²) in [4.78, 5) is 2.09. The zero-order valence-corrected chi connectivity index (χ0v) is 4.83. The lowest BCUT2D eigenvalue weighted by Gasteiger charge is -2.16. The van der Waals surface area contributed by atoms with Gasteiger partial charge in [0.2, 0.25) is 0 Å². The third-order valence-electron chi connectivity index (χ3n) is 0.973. The Hall–Kier alpha value is -0.730. The van der Waals surface area contributed by atoms with Gasteiger partial charge in [-0.15, -0.1) is 0 Å². The summed E-state index contributed by atoms with van der Waals surface area (Å²) in [5.41, 5.74) is 0. The molecule has 0 saturated heterocycles. The largest absolute Gasteiger partial charge is 0.498 e. The van der Waals surface area contributed by atoms with Crippen molar-refractivity contribution in [1.82, 2.24) is 4.90 Å². The van der Waals surface area contributed by atoms with Crippen LogP contribution in [0.1, 0.15) is 0 Å². The lowest BCUT2D eigenvalue weighted by molar-refractivity contribution is 0.188. The van der Waals surface area contributed by atoms with E-state index in [1.54, 1.807) is 6.26 Å². The van der Waals surface area contributed by atoms with Gasteiger partial charge in [0.25, 0.3) is 0 Å². The van der Waals surface area contributed by atoms with Crippen molar-refractivity contribution in [3.05, 3.63) is 12.5 Å². The molecule has 0 amide bonds. The molecule has 0 N–H and O–H groups in total. The molecule has 0 atom stereocenters. The van der Waals surface area contributed by atoms with Crippen molar-refractivity contribution < 1.29 is 9.44 Å². The van der Waals surface area contributed by atoms with Gasteiger partial charge in [-0.05, 0) is 0 Å². The fourth-order valence-corrected chi connectivity index (χ4v) is 0.486. The van der Waals surface area contributed by atoms with Gasteiger partial charge in [0.05, 0.1) is 12.8 Å². The molecule has 0 bridgehead atoms. The highest BCUT2D eigenvalue weighted by molar-refractivity contribution is 4.76. The molecule has 0 fully saturated rings. The van der Waals surface area contributed by atoms with E-state index >= 15 is 0 Å². The van der Waals surface area contributed by atoms with Gasteiger partial charge in [-0.3, -0.25) is 4.70 Å². The summed E-state index contributed by atoms with van der Waals surface area (Å²) in [6.45, 7) is 1.84. The van der Waals surface area contributed by atoms with Crippen molar-refractivity contribution >= 4 is 0 Å². The number of halogens is 1. The van der Waals surface area contributed by atoms with E-state index in [2.05, 4.69) is 4.90 Å². The molecule has 48 valence electrons. The predicted molar refractivity (Wildman–Crippen MR) is 30.2 cm³/mol. The maximum atomic E-state index is 4.92. The summed E-state index contributed by atoms with van der Waals surface area (Å²) in [5.74, 6) is 0. The van der Waals surface area contributed by atoms with Gasteiger partial charge in [0, 0.05) is 13.2 Å². The molecular weight excluding hydrogens is 109 g/mol. The summed E-state index contributed by atoms with van der Waals surface area (Å²) >= 11 is 0. The second-order valence-corrected chi connectivity index (χ2v) is 1.64. The molecule has 3 heteroatoms. The van der Waals surface area contributed by atoms with E-state index < -0.39 is 0 Å². The van der Waals surface area contributed by atoms with Crippen molar-refractivity contribution in [3.8, 4) is 0 Å². The zero-order chi connectivity index (χ0) is 5.11. The van der Waals surface area contributed by atoms with E-state index in [-0.39, 0.29) is 4.70 Å². The summed E-state index contributed by atoms with van der Waals surface area (Å²) < 4.78 is 4.92. The Balaban J connectivity index is 0.000000490. The van der Waals surface area contributed by atoms with Crippen molar-refractivity contribution in [1.29, 1.82) is 0 Å². The zero-order valence-electron chi connectivity index (χ0n) is 4.83. The highest BCUT2D eigenvalue weighted by atomic mass is 19.0. The Morgan fingerprint density at radius 2 is 2.38 bits per heavy atom. The Kier molecular flexibility index (Phi) is 2.99. The Morgan fingerprint density at radius 1 is 1.62 bits per heavy atom. The lowest BCUT2D eigenvalue weighted by Crippen LogP contribution is -2.19. The molecule has 0 saturated carbocycles. The average molecular weight is 119 g/mol. The summed E-state index contributed by atoms with van der Waals surface area (Å²) in [6, 6.07) is 0. The normalized spacial score (nSPS) is 16.9. The van der Waals surface area contributed by atoms with Crippen molar-refractivity contribution in [2.75, 3.05) is 20.2 Å². The smallest absolute Gasteiger partial charge is 0.105 e. The molecule has 0 unspecified atom stereocenters. The van der Waals surface area contributed by atoms with E-state index in [0.717, 1.165) is 13.2 Å². The van der Waals surface area contributed by atoms with Crippen LogP contribution in [-0.4, -0.2) is 25.1 Å². The molecule has 0 aliphatic carbocycles. The van der Waals surface area contributed by atoms with Gasteiger partial charge < -0.3 is 9.64 Å². The van der Waals surface area contributed by atoms with Crippen LogP contribution < -0.4 is 0 Å². The average Bonchev–Trinajstić information content (AvgIpc) is 1.69. The maximum absolute atomic E-state index is 4.92. The van der Waals surface area contributed by atoms with Crippen molar-refractivity contribution in [2.24, 2.45) is 0 Å². The first kappa shape index (κ1) is 7.27. The molecule has 0 spiro atoms. The fourth-order valence-electron chi connectivity index (χ4n) is 0.486. The van der Waals surface area contributed by atoms with Crippen LogP contribution >= 0.6 is 0 Å². The molecule has 1 rings (SSSR count). The molecule has 8 heavy (non-hydrogen) atoms. The molecule has 1 aliphatic rings. The number of rotatable bonds is 0. The summed E-state index contributed by atoms with van der Waals surface area (Å²) in [6.07, 6.45) is 3.63. The van der Waals surface area contributed by atoms with Crippen LogP contribution in [0.15, 0.2) is 12.5 Å². The van der Waals surface area contributed by atoms with Crippen LogP contribution in [0.4, 0.5) is 4.70 Å². The Labute approximate surface area is 48.1 Å². The number of ether oxygens (including phenoxy) is 1. The van der Waals surface area contributed by atoms with Crippen molar-refractivity contribution in [3.63, 3.8) is 0 Å². The van der Waals surface area contributed by atoms with Crippen molar-refractivity contribution in [2.45, 2.75) is 0 Å². The molecular formula is C5H10FNO. The number of hydrogen-bond donors (Lipinski definition) is 0. The highest BCUT2D eigenvalue weighted by Gasteiger charge is 1.93. The van der Waals surface area contributed by atoms with Gasteiger partial charge in [-0.2, -0.15) is 0 Å². The number of hydrogen-bond acceptors (Lipinski definition) is 2. The van der Waals surface area contributed by atoms with Gasteiger partial charge in [0.15, 0.2) is 0 Å². The maximum Gasteiger partial charge on any atom is 0.105 e. The first-order chi connectivity index (χ1) is 3.39. The van der Waals surface area contributed by atoms with E-state index in [1.165, 1.54) is 0 Å². The molecule has 1 heterocycles. The predicted octanol–water partition coefficient (Wildman–Crippen LogP) is 0.572. The summed E-state index contributed by atoms with van der Waals surface area (Å²) in [7, 11) is 2.03. The third kappa shape index (κ3) is 1.82. The van der Waals surface area contributed by atoms with Gasteiger partial charge in [-0.25, -0.2) is 0 Å². The van der Waals surface area contributed by atoms with Crippen LogP contribution in [-0.2, 0) is 4.74 Å². The first-order valence-electron chi connectivity index (χ1n) is 2.38. The standard InChI is InChI=1S/C5H9NO.FH/c1-6-2-4-7-5-3-6;/h2,4H,3,5H2,1H3;1H. The van der Waals surface area contributed by atoms with Crippen LogP contribution in [0.5, 0.6) is 0 Å². The quantitative estimate of drug-likeness (QED) is 0.462.